The number of benzene rings is 3. The zero-order chi connectivity index (χ0) is 24.1. The normalized spacial score (nSPS) is 11.4. The molecule has 4 rings (SSSR count). The standard InChI is InChI=1S/C26H22F3N3O2/c27-26(28,29)22-12-10-20(11-13-22)18-32(25(33)34)23-9-5-4-8-21(23)16-24-30-14-15-31(24)17-19-6-2-1-3-7-19/h1-15H,16-18H2,(H,33,34). The number of anilines is 1. The van der Waals surface area contributed by atoms with Crippen LogP contribution in [0.15, 0.2) is 91.3 Å². The zero-order valence-corrected chi connectivity index (χ0v) is 18.1. The van der Waals surface area contributed by atoms with Crippen LogP contribution < -0.4 is 4.90 Å². The van der Waals surface area contributed by atoms with Crippen LogP contribution in [0.5, 0.6) is 0 Å². The number of aromatic nitrogens is 2. The third kappa shape index (κ3) is 5.46. The molecule has 3 aromatic carbocycles. The molecule has 0 saturated carbocycles. The van der Waals surface area contributed by atoms with E-state index in [0.29, 0.717) is 24.2 Å². The second kappa shape index (κ2) is 9.82. The van der Waals surface area contributed by atoms with Gasteiger partial charge in [0.15, 0.2) is 0 Å². The van der Waals surface area contributed by atoms with Gasteiger partial charge < -0.3 is 9.67 Å². The van der Waals surface area contributed by atoms with Crippen LogP contribution >= 0.6 is 0 Å². The van der Waals surface area contributed by atoms with E-state index in [-0.39, 0.29) is 6.54 Å². The molecule has 0 unspecified atom stereocenters. The molecule has 1 amide bonds. The van der Waals surface area contributed by atoms with E-state index in [4.69, 9.17) is 0 Å². The maximum Gasteiger partial charge on any atom is 0.416 e. The molecule has 0 aliphatic heterocycles. The van der Waals surface area contributed by atoms with Gasteiger partial charge in [0, 0.05) is 25.4 Å². The molecular formula is C26H22F3N3O2. The van der Waals surface area contributed by atoms with Crippen molar-refractivity contribution in [3.63, 3.8) is 0 Å². The van der Waals surface area contributed by atoms with E-state index >= 15 is 0 Å². The van der Waals surface area contributed by atoms with Crippen molar-refractivity contribution >= 4 is 11.8 Å². The van der Waals surface area contributed by atoms with Crippen LogP contribution in [0.1, 0.15) is 28.1 Å². The molecule has 0 saturated heterocycles. The number of carboxylic acid groups (broad SMARTS) is 1. The van der Waals surface area contributed by atoms with Crippen LogP contribution in [-0.2, 0) is 25.7 Å². The third-order valence-corrected chi connectivity index (χ3v) is 5.48. The molecule has 1 aromatic heterocycles. The Hall–Kier alpha value is -4.07. The first-order valence-corrected chi connectivity index (χ1v) is 10.6. The average molecular weight is 465 g/mol. The fourth-order valence-electron chi connectivity index (χ4n) is 3.76. The van der Waals surface area contributed by atoms with Gasteiger partial charge in [0.1, 0.15) is 5.82 Å². The van der Waals surface area contributed by atoms with Gasteiger partial charge in [-0.05, 0) is 34.9 Å². The predicted molar refractivity (Wildman–Crippen MR) is 123 cm³/mol. The lowest BCUT2D eigenvalue weighted by Crippen LogP contribution is -2.29. The van der Waals surface area contributed by atoms with Crippen LogP contribution in [0.2, 0.25) is 0 Å². The number of halogens is 3. The van der Waals surface area contributed by atoms with E-state index in [1.807, 2.05) is 53.2 Å². The van der Waals surface area contributed by atoms with E-state index < -0.39 is 17.8 Å². The first-order valence-electron chi connectivity index (χ1n) is 10.6. The number of hydrogen-bond acceptors (Lipinski definition) is 2. The Morgan fingerprint density at radius 1 is 0.912 bits per heavy atom. The fraction of sp³-hybridized carbons (Fsp3) is 0.154. The first kappa shape index (κ1) is 23.1. The molecule has 4 aromatic rings. The van der Waals surface area contributed by atoms with Gasteiger partial charge in [-0.3, -0.25) is 4.90 Å². The highest BCUT2D eigenvalue weighted by Gasteiger charge is 2.30. The molecule has 0 aliphatic carbocycles. The van der Waals surface area contributed by atoms with E-state index in [1.54, 1.807) is 18.3 Å². The highest BCUT2D eigenvalue weighted by molar-refractivity contribution is 5.87. The quantitative estimate of drug-likeness (QED) is 0.352. The molecule has 34 heavy (non-hydrogen) atoms. The number of imidazole rings is 1. The molecule has 0 bridgehead atoms. The van der Waals surface area contributed by atoms with Gasteiger partial charge in [-0.1, -0.05) is 60.7 Å². The zero-order valence-electron chi connectivity index (χ0n) is 18.1. The summed E-state index contributed by atoms with van der Waals surface area (Å²) < 4.78 is 40.6. The van der Waals surface area contributed by atoms with E-state index in [2.05, 4.69) is 4.98 Å². The van der Waals surface area contributed by atoms with Crippen molar-refractivity contribution in [2.45, 2.75) is 25.7 Å². The largest absolute Gasteiger partial charge is 0.465 e. The molecule has 1 N–H and O–H groups in total. The van der Waals surface area contributed by atoms with Crippen molar-refractivity contribution in [1.82, 2.24) is 9.55 Å². The SMILES string of the molecule is O=C(O)N(Cc1ccc(C(F)(F)F)cc1)c1ccccc1Cc1nccn1Cc1ccccc1. The number of hydrogen-bond donors (Lipinski definition) is 1. The van der Waals surface area contributed by atoms with Gasteiger partial charge in [-0.2, -0.15) is 13.2 Å². The summed E-state index contributed by atoms with van der Waals surface area (Å²) in [6.07, 6.45) is -1.66. The minimum Gasteiger partial charge on any atom is -0.465 e. The Morgan fingerprint density at radius 3 is 2.26 bits per heavy atom. The molecule has 174 valence electrons. The average Bonchev–Trinajstić information content (AvgIpc) is 3.24. The molecule has 0 radical (unpaired) electrons. The Bertz CT molecular complexity index is 1250. The van der Waals surface area contributed by atoms with Crippen LogP contribution in [0.4, 0.5) is 23.7 Å². The highest BCUT2D eigenvalue weighted by Crippen LogP contribution is 2.30. The first-order chi connectivity index (χ1) is 16.3. The maximum atomic E-state index is 12.9. The lowest BCUT2D eigenvalue weighted by Gasteiger charge is -2.23. The van der Waals surface area contributed by atoms with Gasteiger partial charge in [-0.15, -0.1) is 0 Å². The van der Waals surface area contributed by atoms with Gasteiger partial charge in [-0.25, -0.2) is 9.78 Å². The molecule has 5 nitrogen and oxygen atoms in total. The van der Waals surface area contributed by atoms with Crippen molar-refractivity contribution in [2.24, 2.45) is 0 Å². The molecule has 0 fully saturated rings. The maximum absolute atomic E-state index is 12.9. The van der Waals surface area contributed by atoms with Gasteiger partial charge in [0.05, 0.1) is 17.8 Å². The molecule has 0 atom stereocenters. The second-order valence-corrected chi connectivity index (χ2v) is 7.83. The van der Waals surface area contributed by atoms with Crippen LogP contribution in [0, 0.1) is 0 Å². The molecular weight excluding hydrogens is 443 g/mol. The Labute approximate surface area is 194 Å². The molecule has 0 spiro atoms. The monoisotopic (exact) mass is 465 g/mol. The number of alkyl halides is 3. The third-order valence-electron chi connectivity index (χ3n) is 5.48. The van der Waals surface area contributed by atoms with Crippen LogP contribution in [0.3, 0.4) is 0 Å². The van der Waals surface area contributed by atoms with Crippen molar-refractivity contribution in [1.29, 1.82) is 0 Å². The molecule has 0 aliphatic rings. The number of amides is 1. The number of rotatable bonds is 7. The van der Waals surface area contributed by atoms with E-state index in [0.717, 1.165) is 34.0 Å². The fourth-order valence-corrected chi connectivity index (χ4v) is 3.76. The molecule has 1 heterocycles. The summed E-state index contributed by atoms with van der Waals surface area (Å²) in [5.41, 5.74) is 2.01. The number of para-hydroxylation sites is 1. The topological polar surface area (TPSA) is 58.4 Å². The number of nitrogens with zero attached hydrogens (tertiary/aromatic N) is 3. The molecule has 8 heteroatoms. The highest BCUT2D eigenvalue weighted by atomic mass is 19.4. The summed E-state index contributed by atoms with van der Waals surface area (Å²) in [6, 6.07) is 21.5. The Kier molecular flexibility index (Phi) is 6.67. The van der Waals surface area contributed by atoms with E-state index in [9.17, 15) is 23.1 Å². The lowest BCUT2D eigenvalue weighted by molar-refractivity contribution is -0.137. The summed E-state index contributed by atoms with van der Waals surface area (Å²) in [6.45, 7) is 0.551. The van der Waals surface area contributed by atoms with E-state index in [1.165, 1.54) is 12.1 Å². The summed E-state index contributed by atoms with van der Waals surface area (Å²) in [5.74, 6) is 0.774. The van der Waals surface area contributed by atoms with Gasteiger partial charge >= 0.3 is 12.3 Å². The second-order valence-electron chi connectivity index (χ2n) is 7.83. The number of carbonyl (C=O) groups is 1. The van der Waals surface area contributed by atoms with Crippen LogP contribution in [0.25, 0.3) is 0 Å². The van der Waals surface area contributed by atoms with Crippen LogP contribution in [-0.4, -0.2) is 20.8 Å². The minimum atomic E-state index is -4.45. The van der Waals surface area contributed by atoms with Crippen molar-refractivity contribution < 1.29 is 23.1 Å². The van der Waals surface area contributed by atoms with Gasteiger partial charge in [0.2, 0.25) is 0 Å². The van der Waals surface area contributed by atoms with Crippen molar-refractivity contribution in [3.8, 4) is 0 Å². The van der Waals surface area contributed by atoms with Crippen molar-refractivity contribution in [2.75, 3.05) is 4.90 Å². The van der Waals surface area contributed by atoms with Gasteiger partial charge in [0.25, 0.3) is 0 Å². The van der Waals surface area contributed by atoms with Crippen molar-refractivity contribution in [3.05, 3.63) is 119 Å². The minimum absolute atomic E-state index is 0.0804. The smallest absolute Gasteiger partial charge is 0.416 e. The Balaban J connectivity index is 1.58. The predicted octanol–water partition coefficient (Wildman–Crippen LogP) is 6.23. The lowest BCUT2D eigenvalue weighted by atomic mass is 10.1. The summed E-state index contributed by atoms with van der Waals surface area (Å²) in [4.78, 5) is 17.7. The summed E-state index contributed by atoms with van der Waals surface area (Å²) in [5, 5.41) is 9.90. The summed E-state index contributed by atoms with van der Waals surface area (Å²) >= 11 is 0. The summed E-state index contributed by atoms with van der Waals surface area (Å²) in [7, 11) is 0. The Morgan fingerprint density at radius 2 is 1.59 bits per heavy atom.